The first-order valence-corrected chi connectivity index (χ1v) is 9.23. The molecular formula is C22H23NO5. The van der Waals surface area contributed by atoms with E-state index < -0.39 is 12.6 Å². The van der Waals surface area contributed by atoms with Crippen molar-refractivity contribution in [2.45, 2.75) is 40.7 Å². The average Bonchev–Trinajstić information content (AvgIpc) is 2.95. The summed E-state index contributed by atoms with van der Waals surface area (Å²) in [6, 6.07) is 8.03. The monoisotopic (exact) mass is 381 g/mol. The molecule has 0 radical (unpaired) electrons. The van der Waals surface area contributed by atoms with Gasteiger partial charge in [-0.1, -0.05) is 18.6 Å². The second-order valence-corrected chi connectivity index (χ2v) is 6.91. The van der Waals surface area contributed by atoms with E-state index in [1.807, 2.05) is 20.8 Å². The molecule has 0 aliphatic heterocycles. The van der Waals surface area contributed by atoms with Gasteiger partial charge in [0, 0.05) is 29.6 Å². The summed E-state index contributed by atoms with van der Waals surface area (Å²) in [5.41, 5.74) is 3.28. The van der Waals surface area contributed by atoms with E-state index in [0.717, 1.165) is 36.0 Å². The predicted molar refractivity (Wildman–Crippen MR) is 106 cm³/mol. The first-order chi connectivity index (χ1) is 13.3. The molecular weight excluding hydrogens is 358 g/mol. The van der Waals surface area contributed by atoms with Crippen molar-refractivity contribution >= 4 is 22.7 Å². The van der Waals surface area contributed by atoms with Crippen LogP contribution in [0.25, 0.3) is 11.0 Å². The van der Waals surface area contributed by atoms with Gasteiger partial charge in [0.05, 0.1) is 5.39 Å². The summed E-state index contributed by atoms with van der Waals surface area (Å²) >= 11 is 0. The molecule has 2 heterocycles. The summed E-state index contributed by atoms with van der Waals surface area (Å²) in [7, 11) is 0. The van der Waals surface area contributed by atoms with Gasteiger partial charge in [-0.3, -0.25) is 9.59 Å². The first-order valence-electron chi connectivity index (χ1n) is 9.23. The highest BCUT2D eigenvalue weighted by molar-refractivity contribution is 6.00. The summed E-state index contributed by atoms with van der Waals surface area (Å²) in [6.07, 6.45) is 0.958. The van der Waals surface area contributed by atoms with Crippen LogP contribution in [-0.2, 0) is 11.3 Å². The van der Waals surface area contributed by atoms with Crippen molar-refractivity contribution in [2.24, 2.45) is 0 Å². The number of esters is 1. The van der Waals surface area contributed by atoms with Crippen LogP contribution in [0, 0.1) is 20.8 Å². The number of aryl methyl sites for hydroxylation is 2. The van der Waals surface area contributed by atoms with E-state index in [9.17, 15) is 14.4 Å². The van der Waals surface area contributed by atoms with E-state index in [-0.39, 0.29) is 17.0 Å². The Hall–Kier alpha value is -3.15. The molecule has 0 spiro atoms. The number of Topliss-reactive ketones (excluding diaryl/α,β-unsaturated/α-hetero) is 1. The Morgan fingerprint density at radius 1 is 1.11 bits per heavy atom. The van der Waals surface area contributed by atoms with E-state index in [1.54, 1.807) is 24.3 Å². The normalized spacial score (nSPS) is 11.0. The number of carbonyl (C=O) groups excluding carboxylic acids is 2. The molecule has 0 saturated heterocycles. The Kier molecular flexibility index (Phi) is 5.49. The van der Waals surface area contributed by atoms with Crippen molar-refractivity contribution in [3.05, 3.63) is 68.8 Å². The van der Waals surface area contributed by atoms with Gasteiger partial charge in [-0.25, -0.2) is 4.79 Å². The molecule has 1 aromatic carbocycles. The Labute approximate surface area is 162 Å². The fourth-order valence-electron chi connectivity index (χ4n) is 3.30. The van der Waals surface area contributed by atoms with E-state index in [4.69, 9.17) is 9.15 Å². The first kappa shape index (κ1) is 19.6. The van der Waals surface area contributed by atoms with Crippen molar-refractivity contribution in [2.75, 3.05) is 6.61 Å². The van der Waals surface area contributed by atoms with Crippen molar-refractivity contribution in [3.8, 4) is 0 Å². The van der Waals surface area contributed by atoms with Crippen LogP contribution in [-0.4, -0.2) is 22.9 Å². The largest absolute Gasteiger partial charge is 0.451 e. The molecule has 0 amide bonds. The van der Waals surface area contributed by atoms with Gasteiger partial charge in [-0.15, -0.1) is 0 Å². The third-order valence-electron chi connectivity index (χ3n) is 4.74. The number of hydrogen-bond acceptors (Lipinski definition) is 5. The van der Waals surface area contributed by atoms with Crippen LogP contribution in [0.1, 0.15) is 51.2 Å². The molecule has 6 heteroatoms. The van der Waals surface area contributed by atoms with E-state index >= 15 is 0 Å². The SMILES string of the molecule is CCCn1c(C)cc(C(=O)COC(=O)c2cc(=O)c3cc(C)ccc3o2)c1C. The van der Waals surface area contributed by atoms with Gasteiger partial charge >= 0.3 is 5.97 Å². The molecule has 0 N–H and O–H groups in total. The summed E-state index contributed by atoms with van der Waals surface area (Å²) in [5.74, 6) is -1.34. The molecule has 0 atom stereocenters. The minimum absolute atomic E-state index is 0.217. The van der Waals surface area contributed by atoms with Gasteiger partial charge < -0.3 is 13.7 Å². The lowest BCUT2D eigenvalue weighted by molar-refractivity contribution is 0.0444. The van der Waals surface area contributed by atoms with Gasteiger partial charge in [0.15, 0.2) is 12.0 Å². The van der Waals surface area contributed by atoms with Crippen molar-refractivity contribution in [1.29, 1.82) is 0 Å². The van der Waals surface area contributed by atoms with E-state index in [1.165, 1.54) is 0 Å². The highest BCUT2D eigenvalue weighted by atomic mass is 16.5. The lowest BCUT2D eigenvalue weighted by Crippen LogP contribution is -2.16. The van der Waals surface area contributed by atoms with Crippen molar-refractivity contribution in [3.63, 3.8) is 0 Å². The number of rotatable bonds is 6. The van der Waals surface area contributed by atoms with Gasteiger partial charge in [0.1, 0.15) is 5.58 Å². The number of hydrogen-bond donors (Lipinski definition) is 0. The maximum atomic E-state index is 12.5. The Balaban J connectivity index is 1.76. The molecule has 146 valence electrons. The minimum atomic E-state index is -0.838. The van der Waals surface area contributed by atoms with Gasteiger partial charge in [-0.2, -0.15) is 0 Å². The highest BCUT2D eigenvalue weighted by Gasteiger charge is 2.19. The smallest absolute Gasteiger partial charge is 0.374 e. The Morgan fingerprint density at radius 3 is 2.57 bits per heavy atom. The molecule has 0 saturated carbocycles. The molecule has 0 aliphatic rings. The number of fused-ring (bicyclic) bond motifs is 1. The molecule has 0 unspecified atom stereocenters. The number of ketones is 1. The lowest BCUT2D eigenvalue weighted by Gasteiger charge is -2.08. The quantitative estimate of drug-likeness (QED) is 0.477. The zero-order valence-corrected chi connectivity index (χ0v) is 16.5. The molecule has 0 fully saturated rings. The minimum Gasteiger partial charge on any atom is -0.451 e. The molecule has 28 heavy (non-hydrogen) atoms. The van der Waals surface area contributed by atoms with Crippen LogP contribution in [0.2, 0.25) is 0 Å². The average molecular weight is 381 g/mol. The highest BCUT2D eigenvalue weighted by Crippen LogP contribution is 2.18. The standard InChI is InChI=1S/C22H23NO5/c1-5-8-23-14(3)10-16(15(23)4)19(25)12-27-22(26)21-11-18(24)17-9-13(2)6-7-20(17)28-21/h6-7,9-11H,5,8,12H2,1-4H3. The molecule has 3 rings (SSSR count). The molecule has 6 nitrogen and oxygen atoms in total. The van der Waals surface area contributed by atoms with Crippen LogP contribution in [0.3, 0.4) is 0 Å². The van der Waals surface area contributed by atoms with E-state index in [2.05, 4.69) is 11.5 Å². The van der Waals surface area contributed by atoms with Crippen molar-refractivity contribution < 1.29 is 18.7 Å². The second-order valence-electron chi connectivity index (χ2n) is 6.91. The van der Waals surface area contributed by atoms with Gasteiger partial charge in [0.25, 0.3) is 0 Å². The zero-order valence-electron chi connectivity index (χ0n) is 16.5. The number of benzene rings is 1. The lowest BCUT2D eigenvalue weighted by atomic mass is 10.1. The number of aromatic nitrogens is 1. The van der Waals surface area contributed by atoms with Gasteiger partial charge in [-0.05, 0) is 45.4 Å². The summed E-state index contributed by atoms with van der Waals surface area (Å²) < 4.78 is 12.7. The van der Waals surface area contributed by atoms with Gasteiger partial charge in [0.2, 0.25) is 11.5 Å². The molecule has 0 aliphatic carbocycles. The third-order valence-corrected chi connectivity index (χ3v) is 4.74. The molecule has 2 aromatic heterocycles. The summed E-state index contributed by atoms with van der Waals surface area (Å²) in [5, 5.41) is 0.399. The number of nitrogens with zero attached hydrogens (tertiary/aromatic N) is 1. The number of carbonyl (C=O) groups is 2. The van der Waals surface area contributed by atoms with Crippen LogP contribution in [0.4, 0.5) is 0 Å². The topological polar surface area (TPSA) is 78.5 Å². The maximum absolute atomic E-state index is 12.5. The Morgan fingerprint density at radius 2 is 1.86 bits per heavy atom. The Bertz CT molecular complexity index is 1120. The van der Waals surface area contributed by atoms with Crippen LogP contribution in [0.5, 0.6) is 0 Å². The number of ether oxygens (including phenoxy) is 1. The van der Waals surface area contributed by atoms with Crippen LogP contribution in [0.15, 0.2) is 39.5 Å². The zero-order chi connectivity index (χ0) is 20.4. The van der Waals surface area contributed by atoms with Crippen molar-refractivity contribution in [1.82, 2.24) is 4.57 Å². The summed E-state index contributed by atoms with van der Waals surface area (Å²) in [4.78, 5) is 37.0. The summed E-state index contributed by atoms with van der Waals surface area (Å²) in [6.45, 7) is 8.17. The van der Waals surface area contributed by atoms with E-state index in [0.29, 0.717) is 16.5 Å². The van der Waals surface area contributed by atoms with Crippen LogP contribution >= 0.6 is 0 Å². The second kappa shape index (κ2) is 7.84. The van der Waals surface area contributed by atoms with Crippen LogP contribution < -0.4 is 5.43 Å². The predicted octanol–water partition coefficient (Wildman–Crippen LogP) is 3.97. The fraction of sp³-hybridized carbons (Fsp3) is 0.318. The fourth-order valence-corrected chi connectivity index (χ4v) is 3.30. The maximum Gasteiger partial charge on any atom is 0.374 e. The molecule has 0 bridgehead atoms. The molecule has 3 aromatic rings. The third kappa shape index (κ3) is 3.76.